The summed E-state index contributed by atoms with van der Waals surface area (Å²) < 4.78 is 14.2. The standard InChI is InChI=1S/C16H24BrFN2/c1-11(2)10-20-6-4-13(5-7-20)19-16-9-15(18)14(17)8-12(16)3/h8-9,11,13,19H,4-7,10H2,1-3H3. The van der Waals surface area contributed by atoms with Crippen molar-refractivity contribution in [2.45, 2.75) is 39.7 Å². The molecule has 112 valence electrons. The summed E-state index contributed by atoms with van der Waals surface area (Å²) in [6, 6.07) is 3.89. The number of hydrogen-bond donors (Lipinski definition) is 1. The third-order valence-electron chi connectivity index (χ3n) is 3.84. The van der Waals surface area contributed by atoms with Crippen molar-refractivity contribution in [2.75, 3.05) is 25.0 Å². The Morgan fingerprint density at radius 3 is 2.60 bits per heavy atom. The Balaban J connectivity index is 1.91. The number of piperidine rings is 1. The van der Waals surface area contributed by atoms with Crippen molar-refractivity contribution in [3.05, 3.63) is 28.0 Å². The molecule has 1 aliphatic rings. The van der Waals surface area contributed by atoms with Gasteiger partial charge in [0.25, 0.3) is 0 Å². The normalized spacial score (nSPS) is 17.7. The van der Waals surface area contributed by atoms with Crippen LogP contribution in [-0.4, -0.2) is 30.6 Å². The van der Waals surface area contributed by atoms with E-state index in [4.69, 9.17) is 0 Å². The summed E-state index contributed by atoms with van der Waals surface area (Å²) in [6.07, 6.45) is 2.26. The fourth-order valence-corrected chi connectivity index (χ4v) is 3.26. The maximum Gasteiger partial charge on any atom is 0.139 e. The number of aryl methyl sites for hydroxylation is 1. The van der Waals surface area contributed by atoms with Gasteiger partial charge in [0.1, 0.15) is 5.82 Å². The summed E-state index contributed by atoms with van der Waals surface area (Å²) in [5.41, 5.74) is 2.01. The smallest absolute Gasteiger partial charge is 0.139 e. The van der Waals surface area contributed by atoms with Crippen LogP contribution in [0, 0.1) is 18.7 Å². The minimum absolute atomic E-state index is 0.199. The predicted octanol–water partition coefficient (Wildman–Crippen LogP) is 4.43. The van der Waals surface area contributed by atoms with Gasteiger partial charge in [-0.2, -0.15) is 0 Å². The van der Waals surface area contributed by atoms with Crippen molar-refractivity contribution in [3.8, 4) is 0 Å². The van der Waals surface area contributed by atoms with E-state index in [1.165, 1.54) is 6.54 Å². The van der Waals surface area contributed by atoms with Gasteiger partial charge in [-0.3, -0.25) is 0 Å². The Kier molecular flexibility index (Phi) is 5.44. The first-order valence-electron chi connectivity index (χ1n) is 7.40. The van der Waals surface area contributed by atoms with Gasteiger partial charge in [0.15, 0.2) is 0 Å². The fourth-order valence-electron chi connectivity index (χ4n) is 2.80. The van der Waals surface area contributed by atoms with Crippen molar-refractivity contribution in [3.63, 3.8) is 0 Å². The van der Waals surface area contributed by atoms with Gasteiger partial charge in [0, 0.05) is 31.4 Å². The second-order valence-corrected chi connectivity index (χ2v) is 7.05. The molecular weight excluding hydrogens is 319 g/mol. The Morgan fingerprint density at radius 2 is 2.00 bits per heavy atom. The topological polar surface area (TPSA) is 15.3 Å². The summed E-state index contributed by atoms with van der Waals surface area (Å²) in [6.45, 7) is 9.98. The Morgan fingerprint density at radius 1 is 1.35 bits per heavy atom. The average molecular weight is 343 g/mol. The van der Waals surface area contributed by atoms with Crippen LogP contribution in [0.3, 0.4) is 0 Å². The van der Waals surface area contributed by atoms with Crippen LogP contribution in [0.25, 0.3) is 0 Å². The first-order valence-corrected chi connectivity index (χ1v) is 8.19. The lowest BCUT2D eigenvalue weighted by Gasteiger charge is -2.34. The van der Waals surface area contributed by atoms with E-state index >= 15 is 0 Å². The number of nitrogens with one attached hydrogen (secondary N) is 1. The summed E-state index contributed by atoms with van der Waals surface area (Å²) in [7, 11) is 0. The first-order chi connectivity index (χ1) is 9.45. The van der Waals surface area contributed by atoms with Crippen LogP contribution in [0.4, 0.5) is 10.1 Å². The largest absolute Gasteiger partial charge is 0.382 e. The molecule has 0 spiro atoms. The van der Waals surface area contributed by atoms with Crippen LogP contribution in [0.2, 0.25) is 0 Å². The quantitative estimate of drug-likeness (QED) is 0.870. The molecule has 2 nitrogen and oxygen atoms in total. The molecule has 0 aliphatic carbocycles. The van der Waals surface area contributed by atoms with E-state index in [1.54, 1.807) is 6.07 Å². The van der Waals surface area contributed by atoms with Crippen molar-refractivity contribution in [1.29, 1.82) is 0 Å². The highest BCUT2D eigenvalue weighted by molar-refractivity contribution is 9.10. The van der Waals surface area contributed by atoms with E-state index < -0.39 is 0 Å². The second-order valence-electron chi connectivity index (χ2n) is 6.19. The SMILES string of the molecule is Cc1cc(Br)c(F)cc1NC1CCN(CC(C)C)CC1. The summed E-state index contributed by atoms with van der Waals surface area (Å²) in [4.78, 5) is 2.53. The molecule has 1 aromatic rings. The van der Waals surface area contributed by atoms with Gasteiger partial charge < -0.3 is 10.2 Å². The molecule has 1 fully saturated rings. The fraction of sp³-hybridized carbons (Fsp3) is 0.625. The highest BCUT2D eigenvalue weighted by Gasteiger charge is 2.20. The monoisotopic (exact) mass is 342 g/mol. The van der Waals surface area contributed by atoms with Crippen LogP contribution in [0.5, 0.6) is 0 Å². The molecule has 1 aromatic carbocycles. The zero-order valence-electron chi connectivity index (χ0n) is 12.5. The predicted molar refractivity (Wildman–Crippen MR) is 86.8 cm³/mol. The molecular formula is C16H24BrFN2. The third kappa shape index (κ3) is 4.19. The summed E-state index contributed by atoms with van der Waals surface area (Å²) in [5, 5.41) is 3.50. The lowest BCUT2D eigenvalue weighted by Crippen LogP contribution is -2.40. The Bertz CT molecular complexity index is 454. The van der Waals surface area contributed by atoms with E-state index in [0.29, 0.717) is 10.5 Å². The average Bonchev–Trinajstić information content (AvgIpc) is 2.37. The lowest BCUT2D eigenvalue weighted by atomic mass is 10.0. The molecule has 1 heterocycles. The molecule has 0 atom stereocenters. The third-order valence-corrected chi connectivity index (χ3v) is 4.45. The van der Waals surface area contributed by atoms with E-state index in [1.807, 2.05) is 13.0 Å². The summed E-state index contributed by atoms with van der Waals surface area (Å²) in [5.74, 6) is 0.526. The molecule has 0 unspecified atom stereocenters. The minimum atomic E-state index is -0.199. The minimum Gasteiger partial charge on any atom is -0.382 e. The number of likely N-dealkylation sites (tertiary alicyclic amines) is 1. The molecule has 0 aromatic heterocycles. The van der Waals surface area contributed by atoms with Crippen molar-refractivity contribution >= 4 is 21.6 Å². The van der Waals surface area contributed by atoms with Crippen LogP contribution in [0.15, 0.2) is 16.6 Å². The Hall–Kier alpha value is -0.610. The van der Waals surface area contributed by atoms with Crippen LogP contribution in [0.1, 0.15) is 32.3 Å². The number of rotatable bonds is 4. The highest BCUT2D eigenvalue weighted by Crippen LogP contribution is 2.26. The van der Waals surface area contributed by atoms with Crippen LogP contribution < -0.4 is 5.32 Å². The number of hydrogen-bond acceptors (Lipinski definition) is 2. The maximum atomic E-state index is 13.6. The van der Waals surface area contributed by atoms with Gasteiger partial charge in [0.2, 0.25) is 0 Å². The highest BCUT2D eigenvalue weighted by atomic mass is 79.9. The van der Waals surface area contributed by atoms with E-state index in [2.05, 4.69) is 40.0 Å². The molecule has 4 heteroatoms. The lowest BCUT2D eigenvalue weighted by molar-refractivity contribution is 0.198. The molecule has 0 amide bonds. The molecule has 1 aliphatic heterocycles. The molecule has 0 radical (unpaired) electrons. The summed E-state index contributed by atoms with van der Waals surface area (Å²) >= 11 is 3.23. The number of anilines is 1. The molecule has 2 rings (SSSR count). The van der Waals surface area contributed by atoms with Crippen molar-refractivity contribution in [1.82, 2.24) is 4.90 Å². The van der Waals surface area contributed by atoms with Gasteiger partial charge in [-0.05, 0) is 59.3 Å². The molecule has 1 saturated heterocycles. The van der Waals surface area contributed by atoms with Crippen molar-refractivity contribution < 1.29 is 4.39 Å². The number of benzene rings is 1. The van der Waals surface area contributed by atoms with Crippen LogP contribution >= 0.6 is 15.9 Å². The van der Waals surface area contributed by atoms with E-state index in [9.17, 15) is 4.39 Å². The number of nitrogens with zero attached hydrogens (tertiary/aromatic N) is 1. The van der Waals surface area contributed by atoms with Gasteiger partial charge in [-0.25, -0.2) is 4.39 Å². The first kappa shape index (κ1) is 15.8. The van der Waals surface area contributed by atoms with Gasteiger partial charge >= 0.3 is 0 Å². The zero-order chi connectivity index (χ0) is 14.7. The van der Waals surface area contributed by atoms with E-state index in [0.717, 1.165) is 43.1 Å². The van der Waals surface area contributed by atoms with Gasteiger partial charge in [-0.15, -0.1) is 0 Å². The Labute approximate surface area is 129 Å². The van der Waals surface area contributed by atoms with Gasteiger partial charge in [0.05, 0.1) is 4.47 Å². The number of halogens is 2. The van der Waals surface area contributed by atoms with E-state index in [-0.39, 0.29) is 5.82 Å². The molecule has 20 heavy (non-hydrogen) atoms. The van der Waals surface area contributed by atoms with Crippen LogP contribution in [-0.2, 0) is 0 Å². The molecule has 1 N–H and O–H groups in total. The zero-order valence-corrected chi connectivity index (χ0v) is 14.1. The molecule has 0 saturated carbocycles. The maximum absolute atomic E-state index is 13.6. The molecule has 0 bridgehead atoms. The van der Waals surface area contributed by atoms with Crippen molar-refractivity contribution in [2.24, 2.45) is 5.92 Å². The second kappa shape index (κ2) is 6.90. The van der Waals surface area contributed by atoms with Gasteiger partial charge in [-0.1, -0.05) is 13.8 Å².